The summed E-state index contributed by atoms with van der Waals surface area (Å²) < 4.78 is 0. The second-order valence-electron chi connectivity index (χ2n) is 7.45. The number of carbonyl (C=O) groups excluding carboxylic acids is 2. The summed E-state index contributed by atoms with van der Waals surface area (Å²) >= 11 is 1.67. The number of nitrogens with one attached hydrogen (secondary N) is 1. The molecule has 0 spiro atoms. The van der Waals surface area contributed by atoms with Crippen molar-refractivity contribution in [3.8, 4) is 0 Å². The van der Waals surface area contributed by atoms with Crippen molar-refractivity contribution in [3.63, 3.8) is 0 Å². The van der Waals surface area contributed by atoms with Gasteiger partial charge in [-0.2, -0.15) is 0 Å². The zero-order valence-corrected chi connectivity index (χ0v) is 18.7. The quantitative estimate of drug-likeness (QED) is 0.570. The molecule has 0 saturated heterocycles. The van der Waals surface area contributed by atoms with E-state index >= 15 is 0 Å². The minimum absolute atomic E-state index is 0.0161. The Kier molecular flexibility index (Phi) is 9.26. The molecule has 0 aromatic heterocycles. The van der Waals surface area contributed by atoms with Gasteiger partial charge in [0.05, 0.1) is 0 Å². The summed E-state index contributed by atoms with van der Waals surface area (Å²) in [5, 5.41) is 2.97. The number of rotatable bonds is 10. The maximum atomic E-state index is 13.2. The summed E-state index contributed by atoms with van der Waals surface area (Å²) in [5.41, 5.74) is 2.20. The largest absolute Gasteiger partial charge is 0.352 e. The standard InChI is InChI=1S/C24H32N2O2S/c1-5-22(24(28)25-18(2)3)26(17-20-12-10-9-11-19(20)4)23(27)15-16-29-21-13-7-6-8-14-21/h6-14,18,22H,5,15-17H2,1-4H3,(H,25,28)/t22-/m0/s1. The normalized spacial score (nSPS) is 11.9. The zero-order valence-electron chi connectivity index (χ0n) is 17.9. The molecule has 1 N–H and O–H groups in total. The molecule has 0 unspecified atom stereocenters. The van der Waals surface area contributed by atoms with Gasteiger partial charge in [0.2, 0.25) is 11.8 Å². The van der Waals surface area contributed by atoms with Crippen molar-refractivity contribution in [1.82, 2.24) is 10.2 Å². The second-order valence-corrected chi connectivity index (χ2v) is 8.62. The van der Waals surface area contributed by atoms with Crippen molar-refractivity contribution < 1.29 is 9.59 Å². The molecule has 156 valence electrons. The molecular formula is C24H32N2O2S. The van der Waals surface area contributed by atoms with Gasteiger partial charge in [-0.05, 0) is 50.5 Å². The molecule has 0 aliphatic carbocycles. The Balaban J connectivity index is 2.14. The molecular weight excluding hydrogens is 380 g/mol. The first-order valence-corrected chi connectivity index (χ1v) is 11.2. The maximum Gasteiger partial charge on any atom is 0.243 e. The van der Waals surface area contributed by atoms with Gasteiger partial charge in [-0.25, -0.2) is 0 Å². The van der Waals surface area contributed by atoms with E-state index in [1.54, 1.807) is 16.7 Å². The minimum atomic E-state index is -0.466. The van der Waals surface area contributed by atoms with Crippen molar-refractivity contribution in [2.24, 2.45) is 0 Å². The van der Waals surface area contributed by atoms with E-state index in [-0.39, 0.29) is 17.9 Å². The van der Waals surface area contributed by atoms with Crippen LogP contribution in [0.4, 0.5) is 0 Å². The summed E-state index contributed by atoms with van der Waals surface area (Å²) in [6.45, 7) is 8.33. The van der Waals surface area contributed by atoms with Gasteiger partial charge in [0.15, 0.2) is 0 Å². The molecule has 0 radical (unpaired) electrons. The molecule has 4 nitrogen and oxygen atoms in total. The molecule has 0 fully saturated rings. The van der Waals surface area contributed by atoms with E-state index in [1.165, 1.54) is 0 Å². The fraction of sp³-hybridized carbons (Fsp3) is 0.417. The third kappa shape index (κ3) is 7.24. The van der Waals surface area contributed by atoms with Crippen molar-refractivity contribution in [1.29, 1.82) is 0 Å². The molecule has 0 aliphatic rings. The highest BCUT2D eigenvalue weighted by atomic mass is 32.2. The highest BCUT2D eigenvalue weighted by molar-refractivity contribution is 7.99. The summed E-state index contributed by atoms with van der Waals surface area (Å²) in [5.74, 6) is 0.623. The Hall–Kier alpha value is -2.27. The van der Waals surface area contributed by atoms with Gasteiger partial charge in [0.1, 0.15) is 6.04 Å². The Labute approximate surface area is 179 Å². The third-order valence-corrected chi connectivity index (χ3v) is 5.76. The maximum absolute atomic E-state index is 13.2. The molecule has 5 heteroatoms. The van der Waals surface area contributed by atoms with E-state index in [9.17, 15) is 9.59 Å². The molecule has 1 atom stereocenters. The number of thioether (sulfide) groups is 1. The van der Waals surface area contributed by atoms with Gasteiger partial charge in [-0.15, -0.1) is 11.8 Å². The molecule has 0 aliphatic heterocycles. The summed E-state index contributed by atoms with van der Waals surface area (Å²) in [4.78, 5) is 28.9. The number of aryl methyl sites for hydroxylation is 1. The van der Waals surface area contributed by atoms with Crippen molar-refractivity contribution in [3.05, 3.63) is 65.7 Å². The van der Waals surface area contributed by atoms with Crippen LogP contribution in [0, 0.1) is 6.92 Å². The number of benzene rings is 2. The van der Waals surface area contributed by atoms with Gasteiger partial charge < -0.3 is 10.2 Å². The highest BCUT2D eigenvalue weighted by Crippen LogP contribution is 2.21. The first-order valence-electron chi connectivity index (χ1n) is 10.2. The highest BCUT2D eigenvalue weighted by Gasteiger charge is 2.28. The van der Waals surface area contributed by atoms with Crippen LogP contribution in [0.2, 0.25) is 0 Å². The van der Waals surface area contributed by atoms with Crippen LogP contribution in [0.3, 0.4) is 0 Å². The average molecular weight is 413 g/mol. The molecule has 0 saturated carbocycles. The SMILES string of the molecule is CC[C@@H](C(=O)NC(C)C)N(Cc1ccccc1C)C(=O)CCSc1ccccc1. The van der Waals surface area contributed by atoms with Crippen LogP contribution in [0.15, 0.2) is 59.5 Å². The van der Waals surface area contributed by atoms with Crippen LogP contribution < -0.4 is 5.32 Å². The topological polar surface area (TPSA) is 49.4 Å². The van der Waals surface area contributed by atoms with Crippen LogP contribution in [0.25, 0.3) is 0 Å². The lowest BCUT2D eigenvalue weighted by Gasteiger charge is -2.31. The molecule has 2 aromatic carbocycles. The minimum Gasteiger partial charge on any atom is -0.352 e. The molecule has 0 heterocycles. The van der Waals surface area contributed by atoms with Gasteiger partial charge in [-0.1, -0.05) is 49.4 Å². The molecule has 29 heavy (non-hydrogen) atoms. The molecule has 2 rings (SSSR count). The molecule has 2 amide bonds. The van der Waals surface area contributed by atoms with Crippen molar-refractivity contribution in [2.75, 3.05) is 5.75 Å². The summed E-state index contributed by atoms with van der Waals surface area (Å²) in [7, 11) is 0. The lowest BCUT2D eigenvalue weighted by Crippen LogP contribution is -2.50. The third-order valence-electron chi connectivity index (χ3n) is 4.75. The predicted molar refractivity (Wildman–Crippen MR) is 121 cm³/mol. The van der Waals surface area contributed by atoms with Crippen molar-refractivity contribution in [2.45, 2.75) is 64.1 Å². The van der Waals surface area contributed by atoms with Crippen LogP contribution >= 0.6 is 11.8 Å². The van der Waals surface area contributed by atoms with Crippen molar-refractivity contribution >= 4 is 23.6 Å². The zero-order chi connectivity index (χ0) is 21.2. The van der Waals surface area contributed by atoms with Crippen LogP contribution in [-0.4, -0.2) is 34.6 Å². The lowest BCUT2D eigenvalue weighted by molar-refractivity contribution is -0.141. The van der Waals surface area contributed by atoms with Gasteiger partial charge in [0, 0.05) is 29.7 Å². The first-order chi connectivity index (χ1) is 13.9. The lowest BCUT2D eigenvalue weighted by atomic mass is 10.1. The monoisotopic (exact) mass is 412 g/mol. The Morgan fingerprint density at radius 1 is 1.03 bits per heavy atom. The number of nitrogens with zero attached hydrogens (tertiary/aromatic N) is 1. The van der Waals surface area contributed by atoms with E-state index in [0.29, 0.717) is 25.1 Å². The first kappa shape index (κ1) is 23.0. The molecule has 2 aromatic rings. The average Bonchev–Trinajstić information content (AvgIpc) is 2.69. The van der Waals surface area contributed by atoms with E-state index in [0.717, 1.165) is 16.0 Å². The number of hydrogen-bond donors (Lipinski definition) is 1. The number of hydrogen-bond acceptors (Lipinski definition) is 3. The Bertz CT molecular complexity index is 792. The van der Waals surface area contributed by atoms with Gasteiger partial charge in [0.25, 0.3) is 0 Å². The van der Waals surface area contributed by atoms with E-state index in [1.807, 2.05) is 82.3 Å². The number of carbonyl (C=O) groups is 2. The summed E-state index contributed by atoms with van der Waals surface area (Å²) in [6.07, 6.45) is 0.985. The van der Waals surface area contributed by atoms with E-state index in [4.69, 9.17) is 0 Å². The predicted octanol–water partition coefficient (Wildman–Crippen LogP) is 4.81. The Morgan fingerprint density at radius 2 is 1.69 bits per heavy atom. The number of amides is 2. The Morgan fingerprint density at radius 3 is 2.31 bits per heavy atom. The molecule has 0 bridgehead atoms. The summed E-state index contributed by atoms with van der Waals surface area (Å²) in [6, 6.07) is 17.7. The van der Waals surface area contributed by atoms with Crippen LogP contribution in [0.1, 0.15) is 44.7 Å². The fourth-order valence-corrected chi connectivity index (χ4v) is 4.05. The van der Waals surface area contributed by atoms with Crippen LogP contribution in [0.5, 0.6) is 0 Å². The van der Waals surface area contributed by atoms with Gasteiger partial charge >= 0.3 is 0 Å². The smallest absolute Gasteiger partial charge is 0.243 e. The van der Waals surface area contributed by atoms with E-state index in [2.05, 4.69) is 5.32 Å². The second kappa shape index (κ2) is 11.7. The van der Waals surface area contributed by atoms with Crippen LogP contribution in [-0.2, 0) is 16.1 Å². The van der Waals surface area contributed by atoms with Gasteiger partial charge in [-0.3, -0.25) is 9.59 Å². The van der Waals surface area contributed by atoms with E-state index < -0.39 is 6.04 Å². The fourth-order valence-electron chi connectivity index (χ4n) is 3.19.